The Kier molecular flexibility index (Phi) is 7.05. The number of nitrogens with zero attached hydrogens (tertiary/aromatic N) is 2. The summed E-state index contributed by atoms with van der Waals surface area (Å²) in [5.74, 6) is -2.30. The second kappa shape index (κ2) is 10.1. The van der Waals surface area contributed by atoms with Crippen molar-refractivity contribution < 1.29 is 28.6 Å². The highest BCUT2D eigenvalue weighted by atomic mass is 19.1. The number of likely N-dealkylation sites (tertiary alicyclic amines) is 1. The molecule has 1 unspecified atom stereocenters. The van der Waals surface area contributed by atoms with Crippen molar-refractivity contribution in [1.29, 1.82) is 0 Å². The molecule has 1 atom stereocenters. The zero-order valence-electron chi connectivity index (χ0n) is 18.5. The first kappa shape index (κ1) is 22.9. The van der Waals surface area contributed by atoms with Crippen molar-refractivity contribution in [3.05, 3.63) is 71.0 Å². The minimum absolute atomic E-state index is 0.0322. The van der Waals surface area contributed by atoms with Crippen LogP contribution in [0.15, 0.2) is 54.1 Å². The number of aliphatic hydroxyl groups is 1. The van der Waals surface area contributed by atoms with E-state index >= 15 is 0 Å². The number of hydrogen-bond acceptors (Lipinski definition) is 6. The molecule has 0 bridgehead atoms. The number of aliphatic hydroxyl groups excluding tert-OH is 1. The van der Waals surface area contributed by atoms with Crippen LogP contribution in [0.1, 0.15) is 23.6 Å². The van der Waals surface area contributed by atoms with E-state index in [0.717, 1.165) is 25.7 Å². The van der Waals surface area contributed by atoms with Gasteiger partial charge in [-0.05, 0) is 30.2 Å². The van der Waals surface area contributed by atoms with E-state index < -0.39 is 29.3 Å². The van der Waals surface area contributed by atoms with Gasteiger partial charge in [-0.1, -0.05) is 30.3 Å². The van der Waals surface area contributed by atoms with Crippen LogP contribution in [0.3, 0.4) is 0 Å². The van der Waals surface area contributed by atoms with Gasteiger partial charge >= 0.3 is 0 Å². The molecule has 2 heterocycles. The minimum Gasteiger partial charge on any atom is -0.507 e. The van der Waals surface area contributed by atoms with E-state index in [9.17, 15) is 19.1 Å². The van der Waals surface area contributed by atoms with Gasteiger partial charge in [-0.3, -0.25) is 14.5 Å². The van der Waals surface area contributed by atoms with E-state index in [1.165, 1.54) is 24.1 Å². The summed E-state index contributed by atoms with van der Waals surface area (Å²) in [4.78, 5) is 29.9. The van der Waals surface area contributed by atoms with Crippen LogP contribution in [-0.2, 0) is 14.3 Å². The number of morpholine rings is 1. The maximum atomic E-state index is 14.0. The molecule has 4 rings (SSSR count). The van der Waals surface area contributed by atoms with Crippen LogP contribution in [-0.4, -0.2) is 73.1 Å². The third-order valence-electron chi connectivity index (χ3n) is 6.05. The Morgan fingerprint density at radius 1 is 1.12 bits per heavy atom. The molecule has 2 aromatic rings. The molecule has 0 aliphatic carbocycles. The summed E-state index contributed by atoms with van der Waals surface area (Å²) in [5.41, 5.74) is 0.659. The standard InChI is InChI=1S/C25H27FN2O5/c1-32-20-9-8-18(26)16-19(20)23(29)21-22(17-6-3-2-4-7-17)28(25(31)24(21)30)11-5-10-27-12-14-33-15-13-27/h2-4,6-9,16,22,29H,5,10-15H2,1H3/b23-21+. The zero-order chi connectivity index (χ0) is 23.4. The molecule has 0 radical (unpaired) electrons. The van der Waals surface area contributed by atoms with E-state index in [0.29, 0.717) is 31.7 Å². The van der Waals surface area contributed by atoms with E-state index in [1.807, 2.05) is 30.3 Å². The molecule has 2 fully saturated rings. The van der Waals surface area contributed by atoms with Gasteiger partial charge in [0.15, 0.2) is 0 Å². The third kappa shape index (κ3) is 4.77. The highest BCUT2D eigenvalue weighted by Gasteiger charge is 2.46. The maximum absolute atomic E-state index is 14.0. The first-order chi connectivity index (χ1) is 16.0. The number of hydrogen-bond donors (Lipinski definition) is 1. The summed E-state index contributed by atoms with van der Waals surface area (Å²) in [5, 5.41) is 11.1. The van der Waals surface area contributed by atoms with Crippen molar-refractivity contribution in [3.8, 4) is 5.75 Å². The fourth-order valence-corrected chi connectivity index (χ4v) is 4.39. The molecule has 2 aliphatic rings. The second-order valence-corrected chi connectivity index (χ2v) is 8.06. The molecule has 174 valence electrons. The number of Topliss-reactive ketones (excluding diaryl/α,β-unsaturated/α-hetero) is 1. The Bertz CT molecular complexity index is 1050. The summed E-state index contributed by atoms with van der Waals surface area (Å²) in [7, 11) is 1.39. The van der Waals surface area contributed by atoms with Gasteiger partial charge in [-0.25, -0.2) is 4.39 Å². The van der Waals surface area contributed by atoms with E-state index in [4.69, 9.17) is 9.47 Å². The Morgan fingerprint density at radius 2 is 1.85 bits per heavy atom. The lowest BCUT2D eigenvalue weighted by atomic mass is 9.95. The van der Waals surface area contributed by atoms with Crippen molar-refractivity contribution in [2.24, 2.45) is 0 Å². The number of halogens is 1. The van der Waals surface area contributed by atoms with Crippen LogP contribution < -0.4 is 4.74 Å². The van der Waals surface area contributed by atoms with Crippen LogP contribution in [0.25, 0.3) is 5.76 Å². The molecular weight excluding hydrogens is 427 g/mol. The third-order valence-corrected chi connectivity index (χ3v) is 6.05. The van der Waals surface area contributed by atoms with Crippen molar-refractivity contribution in [2.75, 3.05) is 46.5 Å². The van der Waals surface area contributed by atoms with Crippen LogP contribution >= 0.6 is 0 Å². The largest absolute Gasteiger partial charge is 0.507 e. The summed E-state index contributed by atoms with van der Waals surface area (Å²) in [6.45, 7) is 4.15. The average Bonchev–Trinajstić information content (AvgIpc) is 3.10. The number of benzene rings is 2. The van der Waals surface area contributed by atoms with Gasteiger partial charge in [-0.2, -0.15) is 0 Å². The fraction of sp³-hybridized carbons (Fsp3) is 0.360. The molecule has 0 spiro atoms. The van der Waals surface area contributed by atoms with Crippen molar-refractivity contribution in [3.63, 3.8) is 0 Å². The molecule has 2 saturated heterocycles. The first-order valence-electron chi connectivity index (χ1n) is 11.0. The average molecular weight is 454 g/mol. The van der Waals surface area contributed by atoms with Crippen molar-refractivity contribution in [1.82, 2.24) is 9.80 Å². The number of carbonyl (C=O) groups excluding carboxylic acids is 2. The zero-order valence-corrected chi connectivity index (χ0v) is 18.5. The molecule has 2 aliphatic heterocycles. The number of methoxy groups -OCH3 is 1. The molecule has 1 N–H and O–H groups in total. The molecule has 2 aromatic carbocycles. The van der Waals surface area contributed by atoms with Gasteiger partial charge in [0.1, 0.15) is 17.3 Å². The van der Waals surface area contributed by atoms with Gasteiger partial charge in [-0.15, -0.1) is 0 Å². The van der Waals surface area contributed by atoms with Crippen LogP contribution in [0.2, 0.25) is 0 Å². The van der Waals surface area contributed by atoms with Crippen molar-refractivity contribution >= 4 is 17.4 Å². The first-order valence-corrected chi connectivity index (χ1v) is 11.0. The lowest BCUT2D eigenvalue weighted by Crippen LogP contribution is -2.38. The SMILES string of the molecule is COc1ccc(F)cc1/C(O)=C1\C(=O)C(=O)N(CCCN2CCOCC2)C1c1ccccc1. The van der Waals surface area contributed by atoms with Crippen LogP contribution in [0.4, 0.5) is 4.39 Å². The predicted molar refractivity (Wildman–Crippen MR) is 120 cm³/mol. The lowest BCUT2D eigenvalue weighted by molar-refractivity contribution is -0.140. The van der Waals surface area contributed by atoms with Crippen molar-refractivity contribution in [2.45, 2.75) is 12.5 Å². The maximum Gasteiger partial charge on any atom is 0.295 e. The lowest BCUT2D eigenvalue weighted by Gasteiger charge is -2.29. The topological polar surface area (TPSA) is 79.3 Å². The summed E-state index contributed by atoms with van der Waals surface area (Å²) < 4.78 is 24.6. The number of amides is 1. The summed E-state index contributed by atoms with van der Waals surface area (Å²) >= 11 is 0. The van der Waals surface area contributed by atoms with Crippen LogP contribution in [0, 0.1) is 5.82 Å². The van der Waals surface area contributed by atoms with E-state index in [1.54, 1.807) is 0 Å². The van der Waals surface area contributed by atoms with Gasteiger partial charge in [0.2, 0.25) is 0 Å². The Hall–Kier alpha value is -3.23. The summed E-state index contributed by atoms with van der Waals surface area (Å²) in [6, 6.07) is 12.0. The van der Waals surface area contributed by atoms with Gasteiger partial charge in [0.05, 0.1) is 37.5 Å². The summed E-state index contributed by atoms with van der Waals surface area (Å²) in [6.07, 6.45) is 0.666. The number of carbonyl (C=O) groups is 2. The van der Waals surface area contributed by atoms with E-state index in [2.05, 4.69) is 4.90 Å². The van der Waals surface area contributed by atoms with Gasteiger partial charge < -0.3 is 19.5 Å². The molecule has 8 heteroatoms. The number of ketones is 1. The van der Waals surface area contributed by atoms with Gasteiger partial charge in [0.25, 0.3) is 11.7 Å². The van der Waals surface area contributed by atoms with Gasteiger partial charge in [0, 0.05) is 26.2 Å². The molecular formula is C25H27FN2O5. The molecule has 0 aromatic heterocycles. The Labute approximate surface area is 192 Å². The molecule has 7 nitrogen and oxygen atoms in total. The fourth-order valence-electron chi connectivity index (χ4n) is 4.39. The second-order valence-electron chi connectivity index (χ2n) is 8.06. The Balaban J connectivity index is 1.70. The monoisotopic (exact) mass is 454 g/mol. The smallest absolute Gasteiger partial charge is 0.295 e. The highest BCUT2D eigenvalue weighted by Crippen LogP contribution is 2.41. The molecule has 0 saturated carbocycles. The molecule has 1 amide bonds. The minimum atomic E-state index is -0.793. The van der Waals surface area contributed by atoms with E-state index in [-0.39, 0.29) is 16.9 Å². The Morgan fingerprint density at radius 3 is 2.55 bits per heavy atom. The normalized spacial score (nSPS) is 20.9. The number of rotatable bonds is 7. The highest BCUT2D eigenvalue weighted by molar-refractivity contribution is 6.46. The predicted octanol–water partition coefficient (Wildman–Crippen LogP) is 2.98. The number of ether oxygens (including phenoxy) is 2. The quantitative estimate of drug-likeness (QED) is 0.394. The molecule has 33 heavy (non-hydrogen) atoms. The van der Waals surface area contributed by atoms with Crippen LogP contribution in [0.5, 0.6) is 5.75 Å².